The summed E-state index contributed by atoms with van der Waals surface area (Å²) < 4.78 is 86.9. The molecule has 3 aromatic carbocycles. The first-order chi connectivity index (χ1) is 27.0. The number of halogens is 6. The molecule has 0 saturated carbocycles. The number of hydrogen-bond donors (Lipinski definition) is 1. The maximum atomic E-state index is 12.7. The first kappa shape index (κ1) is 41.8. The molecule has 58 heavy (non-hydrogen) atoms. The van der Waals surface area contributed by atoms with Gasteiger partial charge in [-0.05, 0) is 45.2 Å². The van der Waals surface area contributed by atoms with Crippen molar-refractivity contribution in [3.05, 3.63) is 150 Å². The van der Waals surface area contributed by atoms with Crippen molar-refractivity contribution < 1.29 is 55.9 Å². The zero-order chi connectivity index (χ0) is 40.6. The third-order valence-electron chi connectivity index (χ3n) is 8.71. The number of alkyl halides is 6. The van der Waals surface area contributed by atoms with E-state index in [1.54, 1.807) is 0 Å². The Labute approximate surface area is 344 Å². The van der Waals surface area contributed by atoms with Crippen LogP contribution < -0.4 is 29.5 Å². The topological polar surface area (TPSA) is 78.9 Å². The predicted molar refractivity (Wildman–Crippen MR) is 203 cm³/mol. The Morgan fingerprint density at radius 2 is 1.19 bits per heavy atom. The fourth-order valence-corrected chi connectivity index (χ4v) is 6.01. The molecule has 0 fully saturated rings. The van der Waals surface area contributed by atoms with E-state index in [4.69, 9.17) is 19.4 Å². The quantitative estimate of drug-likeness (QED) is 0.130. The van der Waals surface area contributed by atoms with Crippen molar-refractivity contribution in [2.45, 2.75) is 40.0 Å². The molecule has 6 aromatic rings. The molecule has 1 radical (unpaired) electrons. The largest absolute Gasteiger partial charge is 0.513 e. The monoisotopic (exact) mass is 973 g/mol. The van der Waals surface area contributed by atoms with E-state index in [2.05, 4.69) is 81.9 Å². The van der Waals surface area contributed by atoms with Crippen LogP contribution >= 0.6 is 0 Å². The molecule has 1 N–H and O–H groups in total. The number of hydrogen-bond acceptors (Lipinski definition) is 9. The third-order valence-corrected chi connectivity index (χ3v) is 8.71. The van der Waals surface area contributed by atoms with E-state index in [1.807, 2.05) is 39.7 Å². The van der Waals surface area contributed by atoms with Crippen molar-refractivity contribution in [3.63, 3.8) is 0 Å². The number of nitrogens with one attached hydrogen (secondary N) is 1. The van der Waals surface area contributed by atoms with Gasteiger partial charge in [-0.1, -0.05) is 42.4 Å². The number of aryl methyl sites for hydroxylation is 4. The first-order valence-corrected chi connectivity index (χ1v) is 17.3. The maximum absolute atomic E-state index is 12.7. The van der Waals surface area contributed by atoms with Gasteiger partial charge in [-0.3, -0.25) is 0 Å². The van der Waals surface area contributed by atoms with Gasteiger partial charge in [0, 0.05) is 66.5 Å². The van der Waals surface area contributed by atoms with Crippen molar-refractivity contribution in [2.75, 3.05) is 27.1 Å². The van der Waals surface area contributed by atoms with E-state index in [1.165, 1.54) is 18.2 Å². The second kappa shape index (κ2) is 16.5. The summed E-state index contributed by atoms with van der Waals surface area (Å²) in [6.45, 7) is 12.3. The summed E-state index contributed by atoms with van der Waals surface area (Å²) in [5.74, 6) is 1.12. The van der Waals surface area contributed by atoms with Crippen LogP contribution in [0.1, 0.15) is 33.6 Å². The Kier molecular flexibility index (Phi) is 11.9. The number of pyridine rings is 3. The summed E-state index contributed by atoms with van der Waals surface area (Å²) in [6, 6.07) is 28.4. The van der Waals surface area contributed by atoms with E-state index in [9.17, 15) is 26.3 Å². The minimum Gasteiger partial charge on any atom is -0.513 e. The SMILES string of the molecule is Cc1ccc2c(n1)N(c1[c-]c(N3[CH-]N(C)c4ccc(C)nc43)c(C)cc1C)[CH-]N2.FC(F)(F)c1cc[c-]c(Oc2cccc(Oc3[c-]ccc(C(F)(F)F)c3)n2)c1.[Ir]. The summed E-state index contributed by atoms with van der Waals surface area (Å²) in [6.07, 6.45) is -9.10. The molecule has 5 heterocycles. The Morgan fingerprint density at radius 1 is 0.655 bits per heavy atom. The molecule has 2 aliphatic rings. The fraction of sp³-hybridized carbons (Fsp3) is 0.167. The Balaban J connectivity index is 0.000000192. The van der Waals surface area contributed by atoms with Gasteiger partial charge in [-0.15, -0.1) is 41.5 Å². The van der Waals surface area contributed by atoms with Crippen molar-refractivity contribution in [3.8, 4) is 23.3 Å². The van der Waals surface area contributed by atoms with Crippen molar-refractivity contribution in [1.82, 2.24) is 15.0 Å². The second-order valence-electron chi connectivity index (χ2n) is 13.1. The summed E-state index contributed by atoms with van der Waals surface area (Å²) in [7, 11) is 2.04. The molecule has 0 unspecified atom stereocenters. The zero-order valence-corrected chi connectivity index (χ0v) is 33.7. The summed E-state index contributed by atoms with van der Waals surface area (Å²) in [4.78, 5) is 19.7. The summed E-state index contributed by atoms with van der Waals surface area (Å²) in [5.41, 5.74) is 6.48. The van der Waals surface area contributed by atoms with Gasteiger partial charge in [-0.2, -0.15) is 75.0 Å². The van der Waals surface area contributed by atoms with E-state index in [0.29, 0.717) is 0 Å². The molecule has 8 rings (SSSR count). The number of anilines is 6. The molecule has 0 atom stereocenters. The molecule has 0 amide bonds. The van der Waals surface area contributed by atoms with Gasteiger partial charge in [0.2, 0.25) is 11.8 Å². The van der Waals surface area contributed by atoms with Crippen LogP contribution in [0.2, 0.25) is 0 Å². The smallest absolute Gasteiger partial charge is 0.394 e. The average Bonchev–Trinajstić information content (AvgIpc) is 3.71. The van der Waals surface area contributed by atoms with E-state index < -0.39 is 23.5 Å². The molecule has 16 heteroatoms. The fourth-order valence-electron chi connectivity index (χ4n) is 6.01. The third kappa shape index (κ3) is 9.13. The van der Waals surface area contributed by atoms with Crippen LogP contribution in [0, 0.1) is 59.2 Å². The number of nitrogens with zero attached hydrogens (tertiary/aromatic N) is 6. The van der Waals surface area contributed by atoms with Crippen LogP contribution in [0.5, 0.6) is 23.3 Å². The Hall–Kier alpha value is -5.86. The van der Waals surface area contributed by atoms with Gasteiger partial charge < -0.3 is 29.5 Å². The van der Waals surface area contributed by atoms with E-state index in [0.717, 1.165) is 93.3 Å². The minimum atomic E-state index is -4.55. The summed E-state index contributed by atoms with van der Waals surface area (Å²) in [5, 5.41) is 3.31. The van der Waals surface area contributed by atoms with Gasteiger partial charge in [0.25, 0.3) is 0 Å². The zero-order valence-electron chi connectivity index (χ0n) is 31.3. The van der Waals surface area contributed by atoms with Gasteiger partial charge in [0.1, 0.15) is 11.6 Å². The number of benzene rings is 3. The average molecular weight is 973 g/mol. The summed E-state index contributed by atoms with van der Waals surface area (Å²) >= 11 is 0. The van der Waals surface area contributed by atoms with Gasteiger partial charge in [0.15, 0.2) is 0 Å². The normalized spacial score (nSPS) is 13.2. The molecule has 0 bridgehead atoms. The number of ether oxygens (including phenoxy) is 2. The van der Waals surface area contributed by atoms with Crippen molar-refractivity contribution in [1.29, 1.82) is 0 Å². The second-order valence-corrected chi connectivity index (χ2v) is 13.1. The van der Waals surface area contributed by atoms with Gasteiger partial charge in [-0.25, -0.2) is 9.97 Å². The van der Waals surface area contributed by atoms with Crippen LogP contribution in [0.25, 0.3) is 0 Å². The molecular formula is C42H32F6IrN7O2-5. The van der Waals surface area contributed by atoms with Crippen LogP contribution in [0.4, 0.5) is 60.7 Å². The molecule has 3 aromatic heterocycles. The van der Waals surface area contributed by atoms with E-state index in [-0.39, 0.29) is 43.4 Å². The molecule has 0 spiro atoms. The molecule has 303 valence electrons. The maximum Gasteiger partial charge on any atom is 0.394 e. The number of fused-ring (bicyclic) bond motifs is 2. The van der Waals surface area contributed by atoms with Crippen molar-refractivity contribution >= 4 is 34.4 Å². The molecular weight excluding hydrogens is 941 g/mol. The van der Waals surface area contributed by atoms with Crippen LogP contribution in [-0.2, 0) is 32.5 Å². The Morgan fingerprint density at radius 3 is 1.76 bits per heavy atom. The number of rotatable bonds is 6. The Bertz CT molecular complexity index is 2370. The predicted octanol–water partition coefficient (Wildman–Crippen LogP) is 11.2. The van der Waals surface area contributed by atoms with Crippen molar-refractivity contribution in [2.24, 2.45) is 0 Å². The first-order valence-electron chi connectivity index (χ1n) is 17.3. The molecule has 2 aliphatic heterocycles. The van der Waals surface area contributed by atoms with Crippen LogP contribution in [-0.4, -0.2) is 22.0 Å². The molecule has 0 saturated heterocycles. The minimum absolute atomic E-state index is 0. The van der Waals surface area contributed by atoms with Gasteiger partial charge >= 0.3 is 12.4 Å². The van der Waals surface area contributed by atoms with Crippen LogP contribution in [0.15, 0.2) is 84.9 Å². The number of aromatic nitrogens is 3. The van der Waals surface area contributed by atoms with Gasteiger partial charge in [0.05, 0.1) is 0 Å². The molecule has 0 aliphatic carbocycles. The standard InChI is InChI=1S/C23H23N6.C19H9F6NO2.Ir/c1-14-10-15(2)21(29-13-27(5)19-9-7-17(4)26-23(19)29)11-20(14)28-12-24-18-8-6-16(3)25-22(18)28;20-18(21,22)12-4-1-6-14(10-12)27-16-8-3-9-17(26-16)28-15-7-2-5-13(11-15)19(23,24)25;/h6-10,12-13,24H,1-5H3;1-5,8-11H;/q-3;-2;. The molecule has 9 nitrogen and oxygen atoms in total. The van der Waals surface area contributed by atoms with Crippen LogP contribution in [0.3, 0.4) is 0 Å². The van der Waals surface area contributed by atoms with E-state index >= 15 is 0 Å².